The van der Waals surface area contributed by atoms with E-state index in [1.165, 1.54) is 0 Å². The van der Waals surface area contributed by atoms with E-state index in [1.807, 2.05) is 19.9 Å². The van der Waals surface area contributed by atoms with Crippen molar-refractivity contribution >= 4 is 5.82 Å². The highest BCUT2D eigenvalue weighted by Crippen LogP contribution is 2.40. The molecule has 1 fully saturated rings. The molecule has 1 aromatic heterocycles. The highest BCUT2D eigenvalue weighted by atomic mass is 16.6. The Hall–Kier alpha value is -2.81. The van der Waals surface area contributed by atoms with Crippen molar-refractivity contribution in [2.45, 2.75) is 32.7 Å². The molecule has 1 saturated heterocycles. The molecule has 1 atom stereocenters. The van der Waals surface area contributed by atoms with Crippen LogP contribution in [0.25, 0.3) is 0 Å². The Bertz CT molecular complexity index is 859. The molecule has 2 aliphatic heterocycles. The summed E-state index contributed by atoms with van der Waals surface area (Å²) in [5.41, 5.74) is 3.48. The molecule has 0 saturated carbocycles. The zero-order chi connectivity index (χ0) is 17.4. The molecule has 0 spiro atoms. The third-order valence-electron chi connectivity index (χ3n) is 5.02. The number of aromatic nitrogens is 2. The van der Waals surface area contributed by atoms with Crippen molar-refractivity contribution in [2.24, 2.45) is 0 Å². The zero-order valence-corrected chi connectivity index (χ0v) is 14.5. The maximum Gasteiger partial charge on any atom is 0.170 e. The molecule has 0 unspecified atom stereocenters. The van der Waals surface area contributed by atoms with Crippen LogP contribution in [-0.4, -0.2) is 30.0 Å². The Balaban J connectivity index is 1.72. The monoisotopic (exact) mass is 336 g/mol. The van der Waals surface area contributed by atoms with E-state index in [-0.39, 0.29) is 6.04 Å². The lowest BCUT2D eigenvalue weighted by molar-refractivity contribution is 0.171. The SMILES string of the molecule is Cc1nnc(N2CCC[C@H]2c2ccc3c(c2)OCCO3)c(C#N)c1C. The van der Waals surface area contributed by atoms with Crippen molar-refractivity contribution in [3.05, 3.63) is 40.6 Å². The number of ether oxygens (including phenoxy) is 2. The lowest BCUT2D eigenvalue weighted by atomic mass is 10.0. The van der Waals surface area contributed by atoms with Crippen LogP contribution in [0.3, 0.4) is 0 Å². The van der Waals surface area contributed by atoms with Crippen LogP contribution in [-0.2, 0) is 0 Å². The second-order valence-electron chi connectivity index (χ2n) is 6.48. The number of nitriles is 1. The number of aryl methyl sites for hydroxylation is 1. The number of benzene rings is 1. The van der Waals surface area contributed by atoms with Crippen molar-refractivity contribution in [3.8, 4) is 17.6 Å². The summed E-state index contributed by atoms with van der Waals surface area (Å²) < 4.78 is 11.3. The molecule has 6 heteroatoms. The average Bonchev–Trinajstić information content (AvgIpc) is 3.13. The number of nitrogens with zero attached hydrogens (tertiary/aromatic N) is 4. The maximum absolute atomic E-state index is 9.62. The van der Waals surface area contributed by atoms with Gasteiger partial charge in [-0.3, -0.25) is 0 Å². The number of hydrogen-bond donors (Lipinski definition) is 0. The highest BCUT2D eigenvalue weighted by Gasteiger charge is 2.31. The van der Waals surface area contributed by atoms with E-state index in [1.54, 1.807) is 0 Å². The fourth-order valence-electron chi connectivity index (χ4n) is 3.56. The highest BCUT2D eigenvalue weighted by molar-refractivity contribution is 5.59. The summed E-state index contributed by atoms with van der Waals surface area (Å²) in [5, 5.41) is 18.2. The van der Waals surface area contributed by atoms with Crippen molar-refractivity contribution in [2.75, 3.05) is 24.7 Å². The van der Waals surface area contributed by atoms with Crippen LogP contribution in [0.15, 0.2) is 18.2 Å². The predicted molar refractivity (Wildman–Crippen MR) is 93.0 cm³/mol. The van der Waals surface area contributed by atoms with Gasteiger partial charge < -0.3 is 14.4 Å². The van der Waals surface area contributed by atoms with E-state index in [0.29, 0.717) is 24.6 Å². The van der Waals surface area contributed by atoms with Crippen LogP contribution in [0.4, 0.5) is 5.82 Å². The lowest BCUT2D eigenvalue weighted by Crippen LogP contribution is -2.26. The largest absolute Gasteiger partial charge is 0.486 e. The van der Waals surface area contributed by atoms with Gasteiger partial charge >= 0.3 is 0 Å². The van der Waals surface area contributed by atoms with Crippen molar-refractivity contribution < 1.29 is 9.47 Å². The van der Waals surface area contributed by atoms with Gasteiger partial charge in [0.25, 0.3) is 0 Å². The standard InChI is InChI=1S/C19H20N4O2/c1-12-13(2)21-22-19(15(12)11-20)23-7-3-4-16(23)14-5-6-17-18(10-14)25-9-8-24-17/h5-6,10,16H,3-4,7-9H2,1-2H3/t16-/m0/s1. The molecule has 25 heavy (non-hydrogen) atoms. The van der Waals surface area contributed by atoms with E-state index in [9.17, 15) is 5.26 Å². The van der Waals surface area contributed by atoms with Gasteiger partial charge in [-0.15, -0.1) is 5.10 Å². The summed E-state index contributed by atoms with van der Waals surface area (Å²) >= 11 is 0. The average molecular weight is 336 g/mol. The van der Waals surface area contributed by atoms with E-state index < -0.39 is 0 Å². The number of rotatable bonds is 2. The van der Waals surface area contributed by atoms with Gasteiger partial charge in [0.15, 0.2) is 17.3 Å². The molecular formula is C19H20N4O2. The molecule has 0 amide bonds. The zero-order valence-electron chi connectivity index (χ0n) is 14.5. The first-order valence-corrected chi connectivity index (χ1v) is 8.59. The summed E-state index contributed by atoms with van der Waals surface area (Å²) in [6.07, 6.45) is 2.07. The van der Waals surface area contributed by atoms with Gasteiger partial charge in [0.1, 0.15) is 24.8 Å². The van der Waals surface area contributed by atoms with E-state index >= 15 is 0 Å². The first kappa shape index (κ1) is 15.7. The van der Waals surface area contributed by atoms with Crippen LogP contribution in [0, 0.1) is 25.2 Å². The Morgan fingerprint density at radius 1 is 1.16 bits per heavy atom. The molecule has 4 rings (SSSR count). The maximum atomic E-state index is 9.62. The number of hydrogen-bond acceptors (Lipinski definition) is 6. The lowest BCUT2D eigenvalue weighted by Gasteiger charge is -2.28. The molecule has 6 nitrogen and oxygen atoms in total. The molecule has 2 aromatic rings. The van der Waals surface area contributed by atoms with Crippen molar-refractivity contribution in [1.82, 2.24) is 10.2 Å². The second-order valence-corrected chi connectivity index (χ2v) is 6.48. The molecular weight excluding hydrogens is 316 g/mol. The Morgan fingerprint density at radius 3 is 2.76 bits per heavy atom. The molecule has 0 N–H and O–H groups in total. The van der Waals surface area contributed by atoms with Crippen molar-refractivity contribution in [1.29, 1.82) is 5.26 Å². The van der Waals surface area contributed by atoms with Crippen LogP contribution in [0.1, 0.15) is 41.3 Å². The first-order chi connectivity index (χ1) is 12.2. The van der Waals surface area contributed by atoms with E-state index in [4.69, 9.17) is 9.47 Å². The fraction of sp³-hybridized carbons (Fsp3) is 0.421. The third-order valence-corrected chi connectivity index (χ3v) is 5.02. The van der Waals surface area contributed by atoms with Gasteiger partial charge in [-0.25, -0.2) is 0 Å². The fourth-order valence-corrected chi connectivity index (χ4v) is 3.56. The molecule has 2 aliphatic rings. The van der Waals surface area contributed by atoms with E-state index in [0.717, 1.165) is 47.7 Å². The van der Waals surface area contributed by atoms with Crippen molar-refractivity contribution in [3.63, 3.8) is 0 Å². The summed E-state index contributed by atoms with van der Waals surface area (Å²) in [6, 6.07) is 8.58. The summed E-state index contributed by atoms with van der Waals surface area (Å²) in [4.78, 5) is 2.20. The molecule has 0 bridgehead atoms. The molecule has 0 radical (unpaired) electrons. The second kappa shape index (κ2) is 6.25. The Morgan fingerprint density at radius 2 is 1.96 bits per heavy atom. The van der Waals surface area contributed by atoms with Gasteiger partial charge in [-0.1, -0.05) is 6.07 Å². The van der Waals surface area contributed by atoms with Gasteiger partial charge in [0, 0.05) is 6.54 Å². The molecule has 128 valence electrons. The molecule has 0 aliphatic carbocycles. The summed E-state index contributed by atoms with van der Waals surface area (Å²) in [5.74, 6) is 2.27. The Kier molecular flexibility index (Phi) is 3.92. The van der Waals surface area contributed by atoms with E-state index in [2.05, 4.69) is 33.3 Å². The van der Waals surface area contributed by atoms with Gasteiger partial charge in [0.05, 0.1) is 11.7 Å². The van der Waals surface area contributed by atoms with Gasteiger partial charge in [-0.2, -0.15) is 10.4 Å². The van der Waals surface area contributed by atoms with Crippen LogP contribution in [0.2, 0.25) is 0 Å². The van der Waals surface area contributed by atoms with Crippen LogP contribution in [0.5, 0.6) is 11.5 Å². The minimum absolute atomic E-state index is 0.166. The Labute approximate surface area is 147 Å². The summed E-state index contributed by atoms with van der Waals surface area (Å²) in [7, 11) is 0. The van der Waals surface area contributed by atoms with Crippen LogP contribution < -0.4 is 14.4 Å². The number of anilines is 1. The quantitative estimate of drug-likeness (QED) is 0.839. The van der Waals surface area contributed by atoms with Gasteiger partial charge in [0.2, 0.25) is 0 Å². The number of fused-ring (bicyclic) bond motifs is 1. The topological polar surface area (TPSA) is 71.3 Å². The smallest absolute Gasteiger partial charge is 0.170 e. The van der Waals surface area contributed by atoms with Crippen LogP contribution >= 0.6 is 0 Å². The minimum atomic E-state index is 0.166. The normalized spacial score (nSPS) is 18.9. The molecule has 3 heterocycles. The minimum Gasteiger partial charge on any atom is -0.486 e. The third kappa shape index (κ3) is 2.66. The summed E-state index contributed by atoms with van der Waals surface area (Å²) in [6.45, 7) is 5.85. The van der Waals surface area contributed by atoms with Gasteiger partial charge in [-0.05, 0) is 49.9 Å². The predicted octanol–water partition coefficient (Wildman–Crippen LogP) is 3.08. The molecule has 1 aromatic carbocycles. The first-order valence-electron chi connectivity index (χ1n) is 8.59.